The fourth-order valence-electron chi connectivity index (χ4n) is 1.78. The largest absolute Gasteiger partial charge is 0.389 e. The van der Waals surface area contributed by atoms with Gasteiger partial charge in [-0.2, -0.15) is 0 Å². The maximum absolute atomic E-state index is 12.1. The van der Waals surface area contributed by atoms with Crippen LogP contribution in [0, 0.1) is 0 Å². The number of halogens is 1. The highest BCUT2D eigenvalue weighted by Gasteiger charge is 2.03. The number of rotatable bonds is 4. The van der Waals surface area contributed by atoms with Gasteiger partial charge in [-0.05, 0) is 30.7 Å². The van der Waals surface area contributed by atoms with Crippen molar-refractivity contribution in [3.05, 3.63) is 36.0 Å². The van der Waals surface area contributed by atoms with E-state index in [1.165, 1.54) is 0 Å². The van der Waals surface area contributed by atoms with Crippen LogP contribution in [0.3, 0.4) is 0 Å². The van der Waals surface area contributed by atoms with E-state index in [0.717, 1.165) is 16.5 Å². The van der Waals surface area contributed by atoms with Gasteiger partial charge in [0.05, 0.1) is 6.67 Å². The Bertz CT molecular complexity index is 519. The van der Waals surface area contributed by atoms with Crippen LogP contribution in [0.1, 0.15) is 12.0 Å². The first kappa shape index (κ1) is 11.1. The second kappa shape index (κ2) is 4.61. The van der Waals surface area contributed by atoms with Crippen LogP contribution in [-0.4, -0.2) is 16.2 Å². The van der Waals surface area contributed by atoms with Crippen molar-refractivity contribution in [2.45, 2.75) is 13.0 Å². The molecule has 84 valence electrons. The smallest absolute Gasteiger partial charge is 0.104 e. The van der Waals surface area contributed by atoms with Crippen LogP contribution >= 0.6 is 12.2 Å². The Hall–Kier alpha value is -1.42. The quantitative estimate of drug-likeness (QED) is 0.827. The van der Waals surface area contributed by atoms with Crippen LogP contribution in [-0.2, 0) is 6.54 Å². The number of hydrogen-bond donors (Lipinski definition) is 1. The highest BCUT2D eigenvalue weighted by Crippen LogP contribution is 2.18. The van der Waals surface area contributed by atoms with E-state index in [1.807, 2.05) is 35.0 Å². The summed E-state index contributed by atoms with van der Waals surface area (Å²) in [4.78, 5) is 0.401. The Morgan fingerprint density at radius 1 is 1.38 bits per heavy atom. The molecule has 1 aromatic heterocycles. The molecule has 0 aliphatic rings. The van der Waals surface area contributed by atoms with Crippen molar-refractivity contribution in [3.8, 4) is 0 Å². The molecule has 2 rings (SSSR count). The van der Waals surface area contributed by atoms with Crippen LogP contribution in [0.2, 0.25) is 0 Å². The predicted octanol–water partition coefficient (Wildman–Crippen LogP) is 2.64. The third-order valence-corrected chi connectivity index (χ3v) is 2.82. The van der Waals surface area contributed by atoms with Crippen molar-refractivity contribution in [3.63, 3.8) is 0 Å². The summed E-state index contributed by atoms with van der Waals surface area (Å²) in [7, 11) is 0. The number of thiocarbonyl (C=S) groups is 1. The Morgan fingerprint density at radius 3 is 2.88 bits per heavy atom. The van der Waals surface area contributed by atoms with Crippen LogP contribution in [0.4, 0.5) is 4.39 Å². The van der Waals surface area contributed by atoms with Gasteiger partial charge in [0.25, 0.3) is 0 Å². The van der Waals surface area contributed by atoms with Crippen LogP contribution in [0.5, 0.6) is 0 Å². The first-order valence-electron chi connectivity index (χ1n) is 5.17. The summed E-state index contributed by atoms with van der Waals surface area (Å²) < 4.78 is 14.1. The molecular weight excluding hydrogens is 223 g/mol. The standard InChI is InChI=1S/C12H13FN2S/c13-5-1-6-15-7-4-9-8-10(12(14)16)2-3-11(9)15/h2-4,7-8H,1,5-6H2,(H2,14,16). The SMILES string of the molecule is NC(=S)c1ccc2c(ccn2CCCF)c1. The number of nitrogens with zero attached hydrogens (tertiary/aromatic N) is 1. The highest BCUT2D eigenvalue weighted by molar-refractivity contribution is 7.80. The average Bonchev–Trinajstić information content (AvgIpc) is 2.68. The van der Waals surface area contributed by atoms with E-state index in [-0.39, 0.29) is 6.67 Å². The molecule has 0 unspecified atom stereocenters. The van der Waals surface area contributed by atoms with E-state index in [4.69, 9.17) is 18.0 Å². The molecular formula is C12H13FN2S. The van der Waals surface area contributed by atoms with Gasteiger partial charge in [0, 0.05) is 29.2 Å². The molecule has 0 bridgehead atoms. The van der Waals surface area contributed by atoms with Crippen LogP contribution in [0.25, 0.3) is 10.9 Å². The molecule has 0 aliphatic heterocycles. The third kappa shape index (κ3) is 2.07. The minimum atomic E-state index is -0.287. The van der Waals surface area contributed by atoms with Crippen LogP contribution in [0.15, 0.2) is 30.5 Å². The van der Waals surface area contributed by atoms with Gasteiger partial charge in [0.15, 0.2) is 0 Å². The van der Waals surface area contributed by atoms with Gasteiger partial charge >= 0.3 is 0 Å². The Balaban J connectivity index is 2.38. The summed E-state index contributed by atoms with van der Waals surface area (Å²) in [6.07, 6.45) is 2.50. The predicted molar refractivity (Wildman–Crippen MR) is 68.4 cm³/mol. The topological polar surface area (TPSA) is 30.9 Å². The molecule has 0 radical (unpaired) electrons. The molecule has 0 fully saturated rings. The van der Waals surface area contributed by atoms with Gasteiger partial charge in [0.2, 0.25) is 0 Å². The number of benzene rings is 1. The van der Waals surface area contributed by atoms with Gasteiger partial charge in [-0.3, -0.25) is 4.39 Å². The lowest BCUT2D eigenvalue weighted by Gasteiger charge is -2.04. The molecule has 0 saturated heterocycles. The van der Waals surface area contributed by atoms with Crippen LogP contribution < -0.4 is 5.73 Å². The van der Waals surface area contributed by atoms with E-state index in [2.05, 4.69) is 0 Å². The van der Waals surface area contributed by atoms with E-state index >= 15 is 0 Å². The van der Waals surface area contributed by atoms with Crippen molar-refractivity contribution in [1.29, 1.82) is 0 Å². The molecule has 0 saturated carbocycles. The molecule has 0 spiro atoms. The van der Waals surface area contributed by atoms with Crippen molar-refractivity contribution in [2.75, 3.05) is 6.67 Å². The zero-order valence-corrected chi connectivity index (χ0v) is 9.64. The number of alkyl halides is 1. The first-order chi connectivity index (χ1) is 7.72. The highest BCUT2D eigenvalue weighted by atomic mass is 32.1. The second-order valence-electron chi connectivity index (χ2n) is 3.69. The van der Waals surface area contributed by atoms with E-state index in [1.54, 1.807) is 0 Å². The van der Waals surface area contributed by atoms with Crippen molar-refractivity contribution in [2.24, 2.45) is 5.73 Å². The van der Waals surface area contributed by atoms with Crippen molar-refractivity contribution in [1.82, 2.24) is 4.57 Å². The number of aromatic nitrogens is 1. The molecule has 4 heteroatoms. The molecule has 1 aromatic carbocycles. The molecule has 0 aliphatic carbocycles. The minimum absolute atomic E-state index is 0.287. The number of nitrogens with two attached hydrogens (primary N) is 1. The monoisotopic (exact) mass is 236 g/mol. The normalized spacial score (nSPS) is 10.8. The summed E-state index contributed by atoms with van der Waals surface area (Å²) in [5, 5.41) is 1.09. The second-order valence-corrected chi connectivity index (χ2v) is 4.13. The Kier molecular flexibility index (Phi) is 3.19. The molecule has 0 atom stereocenters. The summed E-state index contributed by atoms with van der Waals surface area (Å²) in [5.41, 5.74) is 7.52. The van der Waals surface area contributed by atoms with E-state index < -0.39 is 0 Å². The van der Waals surface area contributed by atoms with Gasteiger partial charge < -0.3 is 10.3 Å². The zero-order chi connectivity index (χ0) is 11.5. The van der Waals surface area contributed by atoms with E-state index in [0.29, 0.717) is 18.0 Å². The van der Waals surface area contributed by atoms with E-state index in [9.17, 15) is 4.39 Å². The maximum atomic E-state index is 12.1. The van der Waals surface area contributed by atoms with Crippen molar-refractivity contribution < 1.29 is 4.39 Å². The molecule has 2 nitrogen and oxygen atoms in total. The number of aryl methyl sites for hydroxylation is 1. The van der Waals surface area contributed by atoms with Gasteiger partial charge in [-0.15, -0.1) is 0 Å². The summed E-state index contributed by atoms with van der Waals surface area (Å²) in [6, 6.07) is 7.83. The molecule has 0 amide bonds. The van der Waals surface area contributed by atoms with Gasteiger partial charge in [-0.25, -0.2) is 0 Å². The molecule has 16 heavy (non-hydrogen) atoms. The maximum Gasteiger partial charge on any atom is 0.104 e. The fourth-order valence-corrected chi connectivity index (χ4v) is 1.91. The lowest BCUT2D eigenvalue weighted by molar-refractivity contribution is 0.450. The van der Waals surface area contributed by atoms with Crippen molar-refractivity contribution >= 4 is 28.1 Å². The Labute approximate surface area is 98.9 Å². The minimum Gasteiger partial charge on any atom is -0.389 e. The summed E-state index contributed by atoms with van der Waals surface area (Å²) in [6.45, 7) is 0.414. The first-order valence-corrected chi connectivity index (χ1v) is 5.58. The van der Waals surface area contributed by atoms with Gasteiger partial charge in [-0.1, -0.05) is 12.2 Å². The van der Waals surface area contributed by atoms with Gasteiger partial charge in [0.1, 0.15) is 4.99 Å². The fraction of sp³-hybridized carbons (Fsp3) is 0.250. The molecule has 2 aromatic rings. The summed E-state index contributed by atoms with van der Waals surface area (Å²) >= 11 is 4.92. The average molecular weight is 236 g/mol. The third-order valence-electron chi connectivity index (χ3n) is 2.59. The lowest BCUT2D eigenvalue weighted by Crippen LogP contribution is -2.08. The summed E-state index contributed by atoms with van der Waals surface area (Å²) in [5.74, 6) is 0. The lowest BCUT2D eigenvalue weighted by atomic mass is 10.1. The Morgan fingerprint density at radius 2 is 2.19 bits per heavy atom. The molecule has 1 heterocycles. The zero-order valence-electron chi connectivity index (χ0n) is 8.82. The molecule has 2 N–H and O–H groups in total. The number of fused-ring (bicyclic) bond motifs is 1. The number of hydrogen-bond acceptors (Lipinski definition) is 1.